The zero-order valence-corrected chi connectivity index (χ0v) is 21.0. The summed E-state index contributed by atoms with van der Waals surface area (Å²) in [4.78, 5) is 15.1. The third-order valence-electron chi connectivity index (χ3n) is 5.58. The van der Waals surface area contributed by atoms with E-state index >= 15 is 0 Å². The monoisotopic (exact) mass is 532 g/mol. The second-order valence-corrected chi connectivity index (χ2v) is 10.6. The second-order valence-electron chi connectivity index (χ2n) is 8.29. The topological polar surface area (TPSA) is 126 Å². The van der Waals surface area contributed by atoms with Crippen LogP contribution < -0.4 is 13.8 Å². The van der Waals surface area contributed by atoms with E-state index < -0.39 is 22.1 Å². The van der Waals surface area contributed by atoms with E-state index in [1.54, 1.807) is 43.3 Å². The van der Waals surface area contributed by atoms with E-state index in [1.807, 2.05) is 6.07 Å². The maximum Gasteiger partial charge on any atom is 0.303 e. The molecule has 2 N–H and O–H groups in total. The molecule has 3 aromatic rings. The van der Waals surface area contributed by atoms with Gasteiger partial charge in [0.15, 0.2) is 0 Å². The van der Waals surface area contributed by atoms with Crippen LogP contribution in [0, 0.1) is 6.92 Å². The van der Waals surface area contributed by atoms with Gasteiger partial charge in [0.05, 0.1) is 18.8 Å². The number of aliphatic hydroxyl groups is 1. The van der Waals surface area contributed by atoms with Crippen molar-refractivity contribution in [3.8, 4) is 22.8 Å². The Morgan fingerprint density at radius 1 is 1.22 bits per heavy atom. The molecular formula is C25H25ClN2O7S. The standard InChI is InChI=1S/C25H25ClN2O7S/c1-16-11-23(25(27-14-16)34-10-9-29)36(32,33)28-15-20(6-8-24(30)31)35-22-7-5-18(13-21(22)28)17-3-2-4-19(26)12-17/h2-5,7,11-14,20,29H,6,8-10,15H2,1H3,(H,30,31)/t20-/m0/s1. The average molecular weight is 533 g/mol. The summed E-state index contributed by atoms with van der Waals surface area (Å²) in [5.74, 6) is -0.821. The van der Waals surface area contributed by atoms with E-state index in [4.69, 9.17) is 31.3 Å². The van der Waals surface area contributed by atoms with Gasteiger partial charge in [0.25, 0.3) is 10.0 Å². The lowest BCUT2D eigenvalue weighted by molar-refractivity contribution is -0.137. The summed E-state index contributed by atoms with van der Waals surface area (Å²) in [6.07, 6.45) is 0.744. The van der Waals surface area contributed by atoms with Crippen molar-refractivity contribution in [2.24, 2.45) is 0 Å². The minimum atomic E-state index is -4.23. The number of hydrogen-bond donors (Lipinski definition) is 2. The van der Waals surface area contributed by atoms with Crippen LogP contribution in [0.25, 0.3) is 11.1 Å². The van der Waals surface area contributed by atoms with Crippen molar-refractivity contribution in [1.82, 2.24) is 4.98 Å². The van der Waals surface area contributed by atoms with E-state index in [0.717, 1.165) is 11.1 Å². The van der Waals surface area contributed by atoms with Gasteiger partial charge in [-0.3, -0.25) is 9.10 Å². The number of benzene rings is 2. The number of nitrogens with zero attached hydrogens (tertiary/aromatic N) is 2. The fraction of sp³-hybridized carbons (Fsp3) is 0.280. The minimum Gasteiger partial charge on any atom is -0.486 e. The van der Waals surface area contributed by atoms with Crippen LogP contribution in [0.4, 0.5) is 5.69 Å². The number of aliphatic hydroxyl groups excluding tert-OH is 1. The lowest BCUT2D eigenvalue weighted by atomic mass is 10.0. The Morgan fingerprint density at radius 3 is 2.72 bits per heavy atom. The molecule has 0 aliphatic carbocycles. The van der Waals surface area contributed by atoms with E-state index in [-0.39, 0.29) is 43.4 Å². The van der Waals surface area contributed by atoms with Gasteiger partial charge >= 0.3 is 5.97 Å². The number of pyridine rings is 1. The number of halogens is 1. The van der Waals surface area contributed by atoms with Gasteiger partial charge in [-0.05, 0) is 60.4 Å². The van der Waals surface area contributed by atoms with Crippen LogP contribution >= 0.6 is 11.6 Å². The maximum absolute atomic E-state index is 14.0. The normalized spacial score (nSPS) is 15.2. The Kier molecular flexibility index (Phi) is 7.67. The summed E-state index contributed by atoms with van der Waals surface area (Å²) in [5.41, 5.74) is 2.42. The number of carbonyl (C=O) groups is 1. The number of carboxylic acid groups (broad SMARTS) is 1. The molecule has 0 unspecified atom stereocenters. The maximum atomic E-state index is 14.0. The smallest absolute Gasteiger partial charge is 0.303 e. The first-order chi connectivity index (χ1) is 17.2. The van der Waals surface area contributed by atoms with Gasteiger partial charge in [0.1, 0.15) is 23.4 Å². The molecule has 0 saturated carbocycles. The molecule has 2 aromatic carbocycles. The van der Waals surface area contributed by atoms with Gasteiger partial charge in [0, 0.05) is 17.6 Å². The largest absolute Gasteiger partial charge is 0.486 e. The summed E-state index contributed by atoms with van der Waals surface area (Å²) >= 11 is 6.16. The van der Waals surface area contributed by atoms with E-state index in [9.17, 15) is 13.2 Å². The first-order valence-corrected chi connectivity index (χ1v) is 13.0. The van der Waals surface area contributed by atoms with Gasteiger partial charge in [-0.25, -0.2) is 13.4 Å². The first-order valence-electron chi connectivity index (χ1n) is 11.2. The first kappa shape index (κ1) is 25.7. The summed E-state index contributed by atoms with van der Waals surface area (Å²) in [5, 5.41) is 18.8. The number of fused-ring (bicyclic) bond motifs is 1. The Hall–Kier alpha value is -3.34. The molecule has 0 fully saturated rings. The highest BCUT2D eigenvalue weighted by molar-refractivity contribution is 7.93. The lowest BCUT2D eigenvalue weighted by Crippen LogP contribution is -2.44. The minimum absolute atomic E-state index is 0.102. The Bertz CT molecular complexity index is 1380. The summed E-state index contributed by atoms with van der Waals surface area (Å²) in [7, 11) is -4.23. The Labute approximate surface area is 213 Å². The number of aromatic nitrogens is 1. The van der Waals surface area contributed by atoms with Crippen molar-refractivity contribution >= 4 is 33.3 Å². The Balaban J connectivity index is 1.82. The predicted octanol–water partition coefficient (Wildman–Crippen LogP) is 3.90. The van der Waals surface area contributed by atoms with Gasteiger partial charge in [0.2, 0.25) is 5.88 Å². The zero-order valence-electron chi connectivity index (χ0n) is 19.4. The van der Waals surface area contributed by atoms with Crippen LogP contribution in [-0.2, 0) is 14.8 Å². The zero-order chi connectivity index (χ0) is 25.9. The van der Waals surface area contributed by atoms with Crippen LogP contribution in [0.5, 0.6) is 11.6 Å². The molecule has 1 atom stereocenters. The molecule has 190 valence electrons. The van der Waals surface area contributed by atoms with Crippen molar-refractivity contribution in [3.05, 3.63) is 65.3 Å². The second kappa shape index (κ2) is 10.7. The van der Waals surface area contributed by atoms with Crippen molar-refractivity contribution < 1.29 is 32.9 Å². The molecule has 0 amide bonds. The van der Waals surface area contributed by atoms with E-state index in [2.05, 4.69) is 4.98 Å². The number of sulfonamides is 1. The predicted molar refractivity (Wildman–Crippen MR) is 134 cm³/mol. The number of anilines is 1. The number of carboxylic acids is 1. The summed E-state index contributed by atoms with van der Waals surface area (Å²) in [6, 6.07) is 13.8. The number of aliphatic carboxylic acids is 1. The van der Waals surface area contributed by atoms with E-state index in [1.165, 1.54) is 16.6 Å². The van der Waals surface area contributed by atoms with Crippen molar-refractivity contribution in [3.63, 3.8) is 0 Å². The third-order valence-corrected chi connectivity index (χ3v) is 7.59. The van der Waals surface area contributed by atoms with Crippen molar-refractivity contribution in [2.75, 3.05) is 24.1 Å². The van der Waals surface area contributed by atoms with Gasteiger partial charge < -0.3 is 19.7 Å². The SMILES string of the molecule is Cc1cnc(OCCO)c(S(=O)(=O)N2C[C@H](CCC(=O)O)Oc3ccc(-c4cccc(Cl)c4)cc32)c1. The number of ether oxygens (including phenoxy) is 2. The highest BCUT2D eigenvalue weighted by atomic mass is 35.5. The average Bonchev–Trinajstić information content (AvgIpc) is 2.85. The fourth-order valence-corrected chi connectivity index (χ4v) is 5.77. The summed E-state index contributed by atoms with van der Waals surface area (Å²) in [6.45, 7) is 1.17. The van der Waals surface area contributed by atoms with Gasteiger partial charge in [-0.15, -0.1) is 0 Å². The van der Waals surface area contributed by atoms with Crippen LogP contribution in [0.3, 0.4) is 0 Å². The Morgan fingerprint density at radius 2 is 2.00 bits per heavy atom. The number of rotatable bonds is 9. The van der Waals surface area contributed by atoms with Crippen molar-refractivity contribution in [1.29, 1.82) is 0 Å². The molecular weight excluding hydrogens is 508 g/mol. The van der Waals surface area contributed by atoms with Gasteiger partial charge in [-0.2, -0.15) is 0 Å². The molecule has 2 heterocycles. The van der Waals surface area contributed by atoms with Crippen LogP contribution in [-0.4, -0.2) is 55.4 Å². The molecule has 1 aromatic heterocycles. The molecule has 4 rings (SSSR count). The summed E-state index contributed by atoms with van der Waals surface area (Å²) < 4.78 is 40.7. The quantitative estimate of drug-likeness (QED) is 0.425. The molecule has 1 aliphatic heterocycles. The third kappa shape index (κ3) is 5.56. The number of hydrogen-bond acceptors (Lipinski definition) is 7. The highest BCUT2D eigenvalue weighted by Crippen LogP contribution is 2.41. The number of aryl methyl sites for hydroxylation is 1. The lowest BCUT2D eigenvalue weighted by Gasteiger charge is -2.36. The van der Waals surface area contributed by atoms with Crippen LogP contribution in [0.15, 0.2) is 59.6 Å². The van der Waals surface area contributed by atoms with Crippen LogP contribution in [0.1, 0.15) is 18.4 Å². The molecule has 0 saturated heterocycles. The molecule has 1 aliphatic rings. The molecule has 0 spiro atoms. The van der Waals surface area contributed by atoms with Crippen molar-refractivity contribution in [2.45, 2.75) is 30.8 Å². The molecule has 0 radical (unpaired) electrons. The molecule has 9 nitrogen and oxygen atoms in total. The van der Waals surface area contributed by atoms with E-state index in [0.29, 0.717) is 22.0 Å². The fourth-order valence-electron chi connectivity index (χ4n) is 3.91. The molecule has 0 bridgehead atoms. The van der Waals surface area contributed by atoms with Crippen LogP contribution in [0.2, 0.25) is 5.02 Å². The van der Waals surface area contributed by atoms with Gasteiger partial charge in [-0.1, -0.05) is 29.8 Å². The molecule has 11 heteroatoms. The highest BCUT2D eigenvalue weighted by Gasteiger charge is 2.37. The molecule has 36 heavy (non-hydrogen) atoms.